The van der Waals surface area contributed by atoms with E-state index in [-0.39, 0.29) is 5.41 Å². The SMILES string of the molecule is [B]C(Nc1cc(I)c2ncc(C#N)c(NCC(C)(C)C)c2c1)(C1=CN(C2CC2)NN1)c1ccccc1Cl. The molecule has 188 valence electrons. The van der Waals surface area contributed by atoms with Crippen molar-refractivity contribution in [2.24, 2.45) is 5.41 Å². The Hall–Kier alpha value is -2.68. The summed E-state index contributed by atoms with van der Waals surface area (Å²) in [6.07, 6.45) is 5.91. The second kappa shape index (κ2) is 9.89. The van der Waals surface area contributed by atoms with Crippen LogP contribution in [0.2, 0.25) is 5.02 Å². The van der Waals surface area contributed by atoms with Gasteiger partial charge in [-0.15, -0.1) is 5.53 Å². The Morgan fingerprint density at radius 1 is 1.27 bits per heavy atom. The molecule has 1 fully saturated rings. The number of nitrogens with zero attached hydrogens (tertiary/aromatic N) is 3. The van der Waals surface area contributed by atoms with E-state index in [1.165, 1.54) is 0 Å². The van der Waals surface area contributed by atoms with Gasteiger partial charge in [0.1, 0.15) is 13.9 Å². The lowest BCUT2D eigenvalue weighted by molar-refractivity contribution is 0.260. The Kier molecular flexibility index (Phi) is 6.94. The second-order valence-corrected chi connectivity index (χ2v) is 12.3. The van der Waals surface area contributed by atoms with Gasteiger partial charge < -0.3 is 16.1 Å². The van der Waals surface area contributed by atoms with Crippen molar-refractivity contribution in [3.63, 3.8) is 0 Å². The van der Waals surface area contributed by atoms with Gasteiger partial charge >= 0.3 is 0 Å². The Labute approximate surface area is 237 Å². The highest BCUT2D eigenvalue weighted by Gasteiger charge is 2.38. The van der Waals surface area contributed by atoms with Gasteiger partial charge in [-0.2, -0.15) is 5.26 Å². The van der Waals surface area contributed by atoms with E-state index < -0.39 is 5.44 Å². The minimum atomic E-state index is -1.16. The van der Waals surface area contributed by atoms with Crippen LogP contribution in [0, 0.1) is 20.3 Å². The van der Waals surface area contributed by atoms with Crippen molar-refractivity contribution in [1.82, 2.24) is 21.0 Å². The summed E-state index contributed by atoms with van der Waals surface area (Å²) in [5, 5.41) is 20.3. The maximum absolute atomic E-state index is 9.82. The molecular formula is C27H28BClIN7. The number of hydrogen-bond donors (Lipinski definition) is 4. The zero-order valence-corrected chi connectivity index (χ0v) is 23.9. The van der Waals surface area contributed by atoms with Crippen LogP contribution >= 0.6 is 34.2 Å². The van der Waals surface area contributed by atoms with Gasteiger partial charge in [-0.25, -0.2) is 0 Å². The molecule has 3 aromatic rings. The molecule has 4 N–H and O–H groups in total. The number of anilines is 2. The maximum Gasteiger partial charge on any atom is 0.119 e. The van der Waals surface area contributed by atoms with Crippen LogP contribution in [-0.2, 0) is 5.44 Å². The number of nitriles is 1. The number of aromatic nitrogens is 1. The number of hydrogen-bond acceptors (Lipinski definition) is 7. The number of halogens is 2. The average molecular weight is 624 g/mol. The molecule has 1 saturated carbocycles. The summed E-state index contributed by atoms with van der Waals surface area (Å²) >= 11 is 8.95. The van der Waals surface area contributed by atoms with Gasteiger partial charge in [0.15, 0.2) is 0 Å². The molecule has 2 heterocycles. The van der Waals surface area contributed by atoms with Crippen LogP contribution in [0.1, 0.15) is 44.7 Å². The number of fused-ring (bicyclic) bond motifs is 1. The Bertz CT molecular complexity index is 1430. The van der Waals surface area contributed by atoms with E-state index >= 15 is 0 Å². The molecule has 0 saturated heterocycles. The molecule has 7 nitrogen and oxygen atoms in total. The first-order valence-corrected chi connectivity index (χ1v) is 13.7. The van der Waals surface area contributed by atoms with E-state index in [0.29, 0.717) is 23.2 Å². The third-order valence-electron chi connectivity index (χ3n) is 6.43. The molecule has 1 unspecified atom stereocenters. The predicted octanol–water partition coefficient (Wildman–Crippen LogP) is 5.58. The summed E-state index contributed by atoms with van der Waals surface area (Å²) in [5.41, 5.74) is 9.69. The molecule has 0 spiro atoms. The van der Waals surface area contributed by atoms with E-state index in [1.807, 2.05) is 42.6 Å². The smallest absolute Gasteiger partial charge is 0.119 e. The lowest BCUT2D eigenvalue weighted by Gasteiger charge is -2.35. The summed E-state index contributed by atoms with van der Waals surface area (Å²) in [5.74, 6) is 0. The van der Waals surface area contributed by atoms with Crippen LogP contribution < -0.4 is 21.6 Å². The molecule has 10 heteroatoms. The average Bonchev–Trinajstić information content (AvgIpc) is 3.57. The second-order valence-electron chi connectivity index (χ2n) is 10.8. The Morgan fingerprint density at radius 2 is 2.03 bits per heavy atom. The highest BCUT2D eigenvalue weighted by molar-refractivity contribution is 14.1. The van der Waals surface area contributed by atoms with Crippen molar-refractivity contribution >= 4 is 64.3 Å². The summed E-state index contributed by atoms with van der Waals surface area (Å²) in [4.78, 5) is 4.59. The normalized spacial score (nSPS) is 17.1. The molecule has 0 amide bonds. The van der Waals surface area contributed by atoms with Gasteiger partial charge in [-0.05, 0) is 64.6 Å². The molecular weight excluding hydrogens is 596 g/mol. The van der Waals surface area contributed by atoms with E-state index in [2.05, 4.69) is 81.0 Å². The van der Waals surface area contributed by atoms with Crippen LogP contribution in [0.15, 0.2) is 54.5 Å². The zero-order valence-electron chi connectivity index (χ0n) is 21.0. The largest absolute Gasteiger partial charge is 0.383 e. The zero-order chi connectivity index (χ0) is 26.4. The maximum atomic E-state index is 9.82. The first kappa shape index (κ1) is 26.0. The third kappa shape index (κ3) is 5.33. The van der Waals surface area contributed by atoms with Crippen molar-refractivity contribution in [1.29, 1.82) is 5.26 Å². The Morgan fingerprint density at radius 3 is 2.70 bits per heavy atom. The van der Waals surface area contributed by atoms with Gasteiger partial charge in [0, 0.05) is 44.6 Å². The highest BCUT2D eigenvalue weighted by Crippen LogP contribution is 2.39. The fourth-order valence-corrected chi connectivity index (χ4v) is 5.38. The van der Waals surface area contributed by atoms with Crippen molar-refractivity contribution in [3.05, 3.63) is 74.2 Å². The molecule has 1 aliphatic carbocycles. The first-order valence-electron chi connectivity index (χ1n) is 12.2. The van der Waals surface area contributed by atoms with Gasteiger partial charge in [-0.3, -0.25) is 9.99 Å². The molecule has 0 bridgehead atoms. The third-order valence-corrected chi connectivity index (χ3v) is 7.59. The van der Waals surface area contributed by atoms with Crippen LogP contribution in [-0.4, -0.2) is 30.4 Å². The number of hydrazine groups is 2. The van der Waals surface area contributed by atoms with E-state index in [9.17, 15) is 5.26 Å². The molecule has 1 aromatic heterocycles. The molecule has 1 atom stereocenters. The number of rotatable bonds is 7. The van der Waals surface area contributed by atoms with E-state index in [4.69, 9.17) is 19.4 Å². The van der Waals surface area contributed by atoms with Crippen molar-refractivity contribution < 1.29 is 0 Å². The minimum absolute atomic E-state index is 0.0306. The van der Waals surface area contributed by atoms with Gasteiger partial charge in [-0.1, -0.05) is 50.6 Å². The fraction of sp³-hybridized carbons (Fsp3) is 0.333. The van der Waals surface area contributed by atoms with Crippen molar-refractivity contribution in [2.45, 2.75) is 45.1 Å². The lowest BCUT2D eigenvalue weighted by Crippen LogP contribution is -2.45. The monoisotopic (exact) mass is 623 g/mol. The standard InChI is InChI=1S/C27H28BClIN7/c1-26(2,3)15-33-24-16(12-31)13-32-25-19(24)10-17(11-22(25)30)34-27(28,20-6-4-5-7-21(20)29)23-14-37(36-35-23)18-8-9-18/h4-7,10-11,13-14,18,34-36H,8-9,15H2,1-3H3,(H,32,33). The summed E-state index contributed by atoms with van der Waals surface area (Å²) in [6.45, 7) is 7.16. The molecule has 2 radical (unpaired) electrons. The number of nitrogens with one attached hydrogen (secondary N) is 4. The molecule has 1 aliphatic heterocycles. The molecule has 5 rings (SSSR count). The fourth-order valence-electron chi connectivity index (χ4n) is 4.33. The quantitative estimate of drug-likeness (QED) is 0.202. The van der Waals surface area contributed by atoms with Crippen LogP contribution in [0.5, 0.6) is 0 Å². The molecule has 2 aromatic carbocycles. The van der Waals surface area contributed by atoms with Crippen molar-refractivity contribution in [2.75, 3.05) is 17.2 Å². The number of benzene rings is 2. The Balaban J connectivity index is 1.61. The summed E-state index contributed by atoms with van der Waals surface area (Å²) in [7, 11) is 7.17. The van der Waals surface area contributed by atoms with Crippen LogP contribution in [0.25, 0.3) is 10.9 Å². The molecule has 37 heavy (non-hydrogen) atoms. The van der Waals surface area contributed by atoms with E-state index in [1.54, 1.807) is 6.20 Å². The topological polar surface area (TPSA) is 88.0 Å². The lowest BCUT2D eigenvalue weighted by atomic mass is 9.69. The van der Waals surface area contributed by atoms with E-state index in [0.717, 1.165) is 50.0 Å². The van der Waals surface area contributed by atoms with Gasteiger partial charge in [0.05, 0.1) is 27.9 Å². The summed E-state index contributed by atoms with van der Waals surface area (Å²) < 4.78 is 0.938. The number of pyridine rings is 1. The van der Waals surface area contributed by atoms with Crippen molar-refractivity contribution in [3.8, 4) is 6.07 Å². The predicted molar refractivity (Wildman–Crippen MR) is 159 cm³/mol. The van der Waals surface area contributed by atoms with Crippen LogP contribution in [0.3, 0.4) is 0 Å². The van der Waals surface area contributed by atoms with Gasteiger partial charge in [0.2, 0.25) is 0 Å². The highest BCUT2D eigenvalue weighted by atomic mass is 127. The van der Waals surface area contributed by atoms with Crippen LogP contribution in [0.4, 0.5) is 11.4 Å². The van der Waals surface area contributed by atoms with Gasteiger partial charge in [0.25, 0.3) is 0 Å². The molecule has 2 aliphatic rings. The first-order chi connectivity index (χ1) is 17.6. The summed E-state index contributed by atoms with van der Waals surface area (Å²) in [6, 6.07) is 14.3. The minimum Gasteiger partial charge on any atom is -0.383 e.